The molecule has 0 aliphatic heterocycles. The second kappa shape index (κ2) is 8.41. The number of carbonyl (C=O) groups is 1. The van der Waals surface area contributed by atoms with Crippen LogP contribution in [0.1, 0.15) is 77.0 Å². The van der Waals surface area contributed by atoms with E-state index in [0.717, 1.165) is 43.9 Å². The Morgan fingerprint density at radius 3 is 2.26 bits per heavy atom. The number of carbonyl (C=O) groups excluding carboxylic acids is 1. The molecule has 0 aromatic heterocycles. The maximum absolute atomic E-state index is 12.8. The van der Waals surface area contributed by atoms with Crippen LogP contribution in [-0.2, 0) is 4.79 Å². The van der Waals surface area contributed by atoms with E-state index in [0.29, 0.717) is 30.1 Å². The number of aliphatic hydroxyl groups is 1. The van der Waals surface area contributed by atoms with Gasteiger partial charge >= 0.3 is 0 Å². The molecule has 1 N–H and O–H groups in total. The van der Waals surface area contributed by atoms with Crippen LogP contribution in [-0.4, -0.2) is 29.8 Å². The van der Waals surface area contributed by atoms with Crippen molar-refractivity contribution in [3.8, 4) is 0 Å². The van der Waals surface area contributed by atoms with Crippen molar-refractivity contribution in [2.75, 3.05) is 13.2 Å². The predicted molar refractivity (Wildman–Crippen MR) is 93.8 cm³/mol. The number of aliphatic imine (C=N–C) groups is 1. The lowest BCUT2D eigenvalue weighted by atomic mass is 9.65. The molecule has 3 heteroatoms. The minimum Gasteiger partial charge on any atom is -0.396 e. The number of hydrogen-bond donors (Lipinski definition) is 1. The molecule has 130 valence electrons. The van der Waals surface area contributed by atoms with E-state index in [2.05, 4.69) is 0 Å². The van der Waals surface area contributed by atoms with Crippen molar-refractivity contribution in [1.82, 2.24) is 0 Å². The van der Waals surface area contributed by atoms with Gasteiger partial charge in [-0.2, -0.15) is 0 Å². The Kier molecular flexibility index (Phi) is 6.27. The molecule has 3 aliphatic carbocycles. The van der Waals surface area contributed by atoms with Crippen LogP contribution in [0.4, 0.5) is 0 Å². The van der Waals surface area contributed by atoms with Gasteiger partial charge in [0.05, 0.1) is 5.71 Å². The first-order valence-electron chi connectivity index (χ1n) is 10.0. The topological polar surface area (TPSA) is 49.7 Å². The van der Waals surface area contributed by atoms with Gasteiger partial charge in [-0.25, -0.2) is 0 Å². The third-order valence-corrected chi connectivity index (χ3v) is 6.44. The minimum absolute atomic E-state index is 0.320. The van der Waals surface area contributed by atoms with Gasteiger partial charge in [-0.3, -0.25) is 9.79 Å². The highest BCUT2D eigenvalue weighted by Gasteiger charge is 2.52. The van der Waals surface area contributed by atoms with Gasteiger partial charge in [0.25, 0.3) is 0 Å². The van der Waals surface area contributed by atoms with E-state index in [1.165, 1.54) is 51.4 Å². The number of aliphatic hydroxyl groups excluding tert-OH is 1. The molecule has 0 bridgehead atoms. The lowest BCUT2D eigenvalue weighted by Crippen LogP contribution is -2.33. The van der Waals surface area contributed by atoms with Crippen LogP contribution in [0.5, 0.6) is 0 Å². The van der Waals surface area contributed by atoms with Crippen molar-refractivity contribution in [3.05, 3.63) is 0 Å². The van der Waals surface area contributed by atoms with Gasteiger partial charge in [0.2, 0.25) is 0 Å². The summed E-state index contributed by atoms with van der Waals surface area (Å²) in [6, 6.07) is 0. The molecule has 3 rings (SSSR count). The average molecular weight is 319 g/mol. The molecule has 4 atom stereocenters. The predicted octanol–water partition coefficient (Wildman–Crippen LogP) is 4.18. The molecule has 3 saturated carbocycles. The average Bonchev–Trinajstić information content (AvgIpc) is 2.85. The Labute approximate surface area is 141 Å². The first kappa shape index (κ1) is 17.1. The van der Waals surface area contributed by atoms with E-state index in [1.807, 2.05) is 0 Å². The first-order chi connectivity index (χ1) is 11.3. The van der Waals surface area contributed by atoms with Crippen LogP contribution in [0.15, 0.2) is 4.99 Å². The summed E-state index contributed by atoms with van der Waals surface area (Å²) in [6.45, 7) is 1.17. The molecular weight excluding hydrogens is 286 g/mol. The summed E-state index contributed by atoms with van der Waals surface area (Å²) in [5.74, 6) is 2.74. The fourth-order valence-electron chi connectivity index (χ4n) is 5.37. The van der Waals surface area contributed by atoms with Gasteiger partial charge in [-0.05, 0) is 37.5 Å². The fraction of sp³-hybridized carbons (Fsp3) is 0.900. The summed E-state index contributed by atoms with van der Waals surface area (Å²) in [4.78, 5) is 17.6. The SMILES string of the molecule is O=C1C(=NCCCCCCCCO)C2CCCC3CCCC1C32. The number of nitrogens with zero attached hydrogens (tertiary/aromatic N) is 1. The third-order valence-electron chi connectivity index (χ3n) is 6.44. The highest BCUT2D eigenvalue weighted by atomic mass is 16.2. The third kappa shape index (κ3) is 3.87. The number of unbranched alkanes of at least 4 members (excludes halogenated alkanes) is 5. The van der Waals surface area contributed by atoms with Crippen molar-refractivity contribution in [1.29, 1.82) is 0 Å². The molecule has 0 amide bonds. The summed E-state index contributed by atoms with van der Waals surface area (Å²) in [5.41, 5.74) is 0.992. The van der Waals surface area contributed by atoms with E-state index >= 15 is 0 Å². The Hall–Kier alpha value is -0.700. The molecule has 3 aliphatic rings. The number of Topliss-reactive ketones (excluding diaryl/α,β-unsaturated/α-hetero) is 1. The van der Waals surface area contributed by atoms with Crippen molar-refractivity contribution in [2.45, 2.75) is 77.0 Å². The maximum Gasteiger partial charge on any atom is 0.180 e. The van der Waals surface area contributed by atoms with Crippen molar-refractivity contribution < 1.29 is 9.90 Å². The van der Waals surface area contributed by atoms with Gasteiger partial charge in [-0.15, -0.1) is 0 Å². The molecule has 0 spiro atoms. The summed E-state index contributed by atoms with van der Waals surface area (Å²) >= 11 is 0. The minimum atomic E-state index is 0.320. The second-order valence-electron chi connectivity index (χ2n) is 7.89. The maximum atomic E-state index is 12.8. The van der Waals surface area contributed by atoms with Gasteiger partial charge < -0.3 is 5.11 Å². The molecule has 3 fully saturated rings. The Balaban J connectivity index is 1.48. The summed E-state index contributed by atoms with van der Waals surface area (Å²) < 4.78 is 0. The molecule has 0 heterocycles. The molecule has 0 saturated heterocycles. The van der Waals surface area contributed by atoms with Crippen LogP contribution >= 0.6 is 0 Å². The highest BCUT2D eigenvalue weighted by molar-refractivity contribution is 6.43. The second-order valence-corrected chi connectivity index (χ2v) is 7.89. The van der Waals surface area contributed by atoms with Crippen LogP contribution in [0.25, 0.3) is 0 Å². The zero-order chi connectivity index (χ0) is 16.1. The lowest BCUT2D eigenvalue weighted by Gasteiger charge is -2.39. The van der Waals surface area contributed by atoms with Gasteiger partial charge in [0.1, 0.15) is 0 Å². The molecule has 3 nitrogen and oxygen atoms in total. The number of ketones is 1. The fourth-order valence-corrected chi connectivity index (χ4v) is 5.37. The van der Waals surface area contributed by atoms with E-state index in [4.69, 9.17) is 10.1 Å². The van der Waals surface area contributed by atoms with E-state index < -0.39 is 0 Å². The summed E-state index contributed by atoms with van der Waals surface area (Å²) in [7, 11) is 0. The normalized spacial score (nSPS) is 34.8. The molecular formula is C20H33NO2. The zero-order valence-corrected chi connectivity index (χ0v) is 14.5. The van der Waals surface area contributed by atoms with Crippen LogP contribution in [0.3, 0.4) is 0 Å². The standard InChI is InChI=1S/C20H33NO2/c22-14-6-4-2-1-3-5-13-21-19-16-11-7-9-15-10-8-12-17(18(15)16)20(19)23/h15-18,22H,1-14H2. The first-order valence-corrected chi connectivity index (χ1v) is 10.0. The largest absolute Gasteiger partial charge is 0.396 e. The highest BCUT2D eigenvalue weighted by Crippen LogP contribution is 2.52. The molecule has 0 radical (unpaired) electrons. The van der Waals surface area contributed by atoms with Crippen molar-refractivity contribution >= 4 is 11.5 Å². The van der Waals surface area contributed by atoms with Gasteiger partial charge in [-0.1, -0.05) is 51.4 Å². The van der Waals surface area contributed by atoms with Crippen LogP contribution < -0.4 is 0 Å². The molecule has 23 heavy (non-hydrogen) atoms. The van der Waals surface area contributed by atoms with Crippen molar-refractivity contribution in [2.24, 2.45) is 28.7 Å². The molecule has 4 unspecified atom stereocenters. The molecule has 0 aromatic rings. The zero-order valence-electron chi connectivity index (χ0n) is 14.5. The van der Waals surface area contributed by atoms with E-state index in [1.54, 1.807) is 0 Å². The monoisotopic (exact) mass is 319 g/mol. The van der Waals surface area contributed by atoms with Crippen LogP contribution in [0, 0.1) is 23.7 Å². The van der Waals surface area contributed by atoms with Gasteiger partial charge in [0.15, 0.2) is 5.78 Å². The van der Waals surface area contributed by atoms with E-state index in [-0.39, 0.29) is 0 Å². The number of hydrogen-bond acceptors (Lipinski definition) is 3. The lowest BCUT2D eigenvalue weighted by molar-refractivity contribution is -0.118. The Morgan fingerprint density at radius 1 is 0.870 bits per heavy atom. The van der Waals surface area contributed by atoms with Gasteiger partial charge in [0, 0.05) is 25.0 Å². The summed E-state index contributed by atoms with van der Waals surface area (Å²) in [6.07, 6.45) is 14.4. The quantitative estimate of drug-likeness (QED) is 0.682. The van der Waals surface area contributed by atoms with Crippen molar-refractivity contribution in [3.63, 3.8) is 0 Å². The Bertz CT molecular complexity index is 429. The molecule has 0 aromatic carbocycles. The number of rotatable bonds is 8. The van der Waals surface area contributed by atoms with Crippen LogP contribution in [0.2, 0.25) is 0 Å². The summed E-state index contributed by atoms with van der Waals surface area (Å²) in [5, 5.41) is 8.76. The van der Waals surface area contributed by atoms with E-state index in [9.17, 15) is 4.79 Å². The Morgan fingerprint density at radius 2 is 1.52 bits per heavy atom. The smallest absolute Gasteiger partial charge is 0.180 e.